The number of amides is 1. The first-order valence-corrected chi connectivity index (χ1v) is 3.58. The highest BCUT2D eigenvalue weighted by molar-refractivity contribution is 5.97. The van der Waals surface area contributed by atoms with Gasteiger partial charge in [0.05, 0.1) is 5.69 Å². The summed E-state index contributed by atoms with van der Waals surface area (Å²) < 4.78 is 4.90. The zero-order valence-corrected chi connectivity index (χ0v) is 7.00. The van der Waals surface area contributed by atoms with Crippen molar-refractivity contribution in [3.63, 3.8) is 0 Å². The molecule has 0 aromatic carbocycles. The van der Waals surface area contributed by atoms with Crippen LogP contribution in [-0.4, -0.2) is 10.9 Å². The van der Waals surface area contributed by atoms with E-state index in [4.69, 9.17) is 4.42 Å². The lowest BCUT2D eigenvalue weighted by Gasteiger charge is -1.92. The molecule has 0 aliphatic rings. The highest BCUT2D eigenvalue weighted by Crippen LogP contribution is 2.05. The number of aryl methyl sites for hydroxylation is 1. The third-order valence-electron chi connectivity index (χ3n) is 1.17. The number of nitrogens with one attached hydrogen (secondary N) is 1. The van der Waals surface area contributed by atoms with Crippen molar-refractivity contribution < 1.29 is 9.21 Å². The normalized spacial score (nSPS) is 10.5. The number of carbonyl (C=O) groups is 1. The van der Waals surface area contributed by atoms with Gasteiger partial charge in [-0.15, -0.1) is 0 Å². The number of hydrogen-bond donors (Lipinski definition) is 1. The number of anilines is 1. The Balaban J connectivity index is 2.58. The number of oxazole rings is 1. The van der Waals surface area contributed by atoms with Gasteiger partial charge in [-0.05, 0) is 19.9 Å². The molecule has 12 heavy (non-hydrogen) atoms. The third kappa shape index (κ3) is 2.23. The molecule has 0 aliphatic heterocycles. The molecule has 0 unspecified atom stereocenters. The van der Waals surface area contributed by atoms with Gasteiger partial charge in [0.25, 0.3) is 5.91 Å². The molecule has 1 rings (SSSR count). The van der Waals surface area contributed by atoms with Crippen molar-refractivity contribution in [2.24, 2.45) is 0 Å². The molecule has 0 spiro atoms. The monoisotopic (exact) mass is 166 g/mol. The van der Waals surface area contributed by atoms with Crippen molar-refractivity contribution in [2.45, 2.75) is 13.8 Å². The lowest BCUT2D eigenvalue weighted by molar-refractivity contribution is -0.112. The molecule has 0 saturated heterocycles. The van der Waals surface area contributed by atoms with Crippen LogP contribution in [0.2, 0.25) is 0 Å². The molecular weight excluding hydrogens is 156 g/mol. The molecular formula is C8H10N2O2. The van der Waals surface area contributed by atoms with E-state index in [2.05, 4.69) is 10.3 Å². The predicted octanol–water partition coefficient (Wildman–Crippen LogP) is 1.50. The molecule has 4 heteroatoms. The summed E-state index contributed by atoms with van der Waals surface area (Å²) in [6.07, 6.45) is 4.52. The third-order valence-corrected chi connectivity index (χ3v) is 1.17. The van der Waals surface area contributed by atoms with Crippen LogP contribution in [0, 0.1) is 6.92 Å². The topological polar surface area (TPSA) is 55.1 Å². The summed E-state index contributed by atoms with van der Waals surface area (Å²) in [5.74, 6) is -0.237. The molecule has 1 amide bonds. The van der Waals surface area contributed by atoms with Crippen molar-refractivity contribution in [3.8, 4) is 0 Å². The van der Waals surface area contributed by atoms with E-state index >= 15 is 0 Å². The van der Waals surface area contributed by atoms with Gasteiger partial charge >= 0.3 is 6.01 Å². The minimum absolute atomic E-state index is 0.232. The Morgan fingerprint density at radius 1 is 1.75 bits per heavy atom. The molecule has 4 nitrogen and oxygen atoms in total. The van der Waals surface area contributed by atoms with Crippen molar-refractivity contribution in [1.82, 2.24) is 4.98 Å². The molecule has 0 radical (unpaired) electrons. The summed E-state index contributed by atoms with van der Waals surface area (Å²) in [7, 11) is 0. The standard InChI is InChI=1S/C8H10N2O2/c1-3-4-7(11)10-8-9-6(2)5-12-8/h3-5H,1-2H3,(H,9,10,11)/b4-3+. The summed E-state index contributed by atoms with van der Waals surface area (Å²) in [5, 5.41) is 2.46. The van der Waals surface area contributed by atoms with Gasteiger partial charge in [-0.1, -0.05) is 6.08 Å². The molecule has 1 heterocycles. The van der Waals surface area contributed by atoms with E-state index in [-0.39, 0.29) is 11.9 Å². The quantitative estimate of drug-likeness (QED) is 0.677. The fourth-order valence-electron chi connectivity index (χ4n) is 0.710. The van der Waals surface area contributed by atoms with Crippen molar-refractivity contribution in [3.05, 3.63) is 24.1 Å². The van der Waals surface area contributed by atoms with Gasteiger partial charge in [-0.2, -0.15) is 4.98 Å². The number of hydrogen-bond acceptors (Lipinski definition) is 3. The second-order valence-electron chi connectivity index (χ2n) is 2.28. The molecule has 0 bridgehead atoms. The highest BCUT2D eigenvalue weighted by atomic mass is 16.4. The largest absolute Gasteiger partial charge is 0.432 e. The van der Waals surface area contributed by atoms with E-state index in [1.807, 2.05) is 0 Å². The average molecular weight is 166 g/mol. The Bertz CT molecular complexity index is 302. The number of aromatic nitrogens is 1. The number of carbonyl (C=O) groups excluding carboxylic acids is 1. The maximum absolute atomic E-state index is 10.9. The van der Waals surface area contributed by atoms with Crippen molar-refractivity contribution in [1.29, 1.82) is 0 Å². The smallest absolute Gasteiger partial charge is 0.301 e. The second kappa shape index (κ2) is 3.71. The first-order chi connectivity index (χ1) is 5.72. The zero-order valence-electron chi connectivity index (χ0n) is 7.00. The molecule has 64 valence electrons. The Morgan fingerprint density at radius 3 is 3.00 bits per heavy atom. The van der Waals surface area contributed by atoms with Crippen LogP contribution in [0.3, 0.4) is 0 Å². The fraction of sp³-hybridized carbons (Fsp3) is 0.250. The second-order valence-corrected chi connectivity index (χ2v) is 2.28. The predicted molar refractivity (Wildman–Crippen MR) is 44.7 cm³/mol. The van der Waals surface area contributed by atoms with Crippen LogP contribution in [0.1, 0.15) is 12.6 Å². The Hall–Kier alpha value is -1.58. The van der Waals surface area contributed by atoms with E-state index in [1.54, 1.807) is 19.9 Å². The number of allylic oxidation sites excluding steroid dienone is 1. The highest BCUT2D eigenvalue weighted by Gasteiger charge is 2.01. The van der Waals surface area contributed by atoms with Crippen LogP contribution in [0.15, 0.2) is 22.8 Å². The van der Waals surface area contributed by atoms with Crippen LogP contribution in [0.5, 0.6) is 0 Å². The molecule has 1 N–H and O–H groups in total. The maximum Gasteiger partial charge on any atom is 0.301 e. The van der Waals surface area contributed by atoms with E-state index in [0.29, 0.717) is 0 Å². The Labute approximate surface area is 70.3 Å². The van der Waals surface area contributed by atoms with Crippen LogP contribution in [-0.2, 0) is 4.79 Å². The van der Waals surface area contributed by atoms with Crippen LogP contribution < -0.4 is 5.32 Å². The lowest BCUT2D eigenvalue weighted by Crippen LogP contribution is -2.07. The summed E-state index contributed by atoms with van der Waals surface area (Å²) >= 11 is 0. The minimum Gasteiger partial charge on any atom is -0.432 e. The van der Waals surface area contributed by atoms with Crippen LogP contribution in [0.4, 0.5) is 6.01 Å². The SMILES string of the molecule is C/C=C/C(=O)Nc1nc(C)co1. The molecule has 0 saturated carbocycles. The summed E-state index contributed by atoms with van der Waals surface area (Å²) in [6, 6.07) is 0.232. The number of rotatable bonds is 2. The zero-order chi connectivity index (χ0) is 8.97. The summed E-state index contributed by atoms with van der Waals surface area (Å²) in [6.45, 7) is 3.55. The first-order valence-electron chi connectivity index (χ1n) is 3.58. The van der Waals surface area contributed by atoms with Gasteiger partial charge in [0.2, 0.25) is 0 Å². The Morgan fingerprint density at radius 2 is 2.50 bits per heavy atom. The van der Waals surface area contributed by atoms with E-state index in [0.717, 1.165) is 5.69 Å². The van der Waals surface area contributed by atoms with Crippen molar-refractivity contribution >= 4 is 11.9 Å². The molecule has 0 fully saturated rings. The number of nitrogens with zero attached hydrogens (tertiary/aromatic N) is 1. The van der Waals surface area contributed by atoms with Gasteiger partial charge < -0.3 is 4.42 Å². The van der Waals surface area contributed by atoms with E-state index < -0.39 is 0 Å². The van der Waals surface area contributed by atoms with Gasteiger partial charge in [-0.3, -0.25) is 10.1 Å². The van der Waals surface area contributed by atoms with Gasteiger partial charge in [0.15, 0.2) is 0 Å². The van der Waals surface area contributed by atoms with Gasteiger partial charge in [0, 0.05) is 0 Å². The van der Waals surface area contributed by atoms with E-state index in [9.17, 15) is 4.79 Å². The van der Waals surface area contributed by atoms with Crippen LogP contribution in [0.25, 0.3) is 0 Å². The fourth-order valence-corrected chi connectivity index (χ4v) is 0.710. The van der Waals surface area contributed by atoms with E-state index in [1.165, 1.54) is 12.3 Å². The molecule has 1 aromatic heterocycles. The molecule has 1 aromatic rings. The lowest BCUT2D eigenvalue weighted by atomic mass is 10.5. The first kappa shape index (κ1) is 8.52. The van der Waals surface area contributed by atoms with Crippen molar-refractivity contribution in [2.75, 3.05) is 5.32 Å². The van der Waals surface area contributed by atoms with Crippen LogP contribution >= 0.6 is 0 Å². The minimum atomic E-state index is -0.237. The maximum atomic E-state index is 10.9. The Kier molecular flexibility index (Phi) is 2.63. The summed E-state index contributed by atoms with van der Waals surface area (Å²) in [5.41, 5.74) is 0.741. The van der Waals surface area contributed by atoms with Gasteiger partial charge in [-0.25, -0.2) is 0 Å². The average Bonchev–Trinajstić information content (AvgIpc) is 2.36. The molecule has 0 aliphatic carbocycles. The van der Waals surface area contributed by atoms with Gasteiger partial charge in [0.1, 0.15) is 6.26 Å². The summed E-state index contributed by atoms with van der Waals surface area (Å²) in [4.78, 5) is 14.8. The molecule has 0 atom stereocenters.